The van der Waals surface area contributed by atoms with Gasteiger partial charge in [0.2, 0.25) is 0 Å². The van der Waals surface area contributed by atoms with E-state index in [-0.39, 0.29) is 11.6 Å². The molecule has 1 aromatic carbocycles. The molecule has 3 rings (SSSR count). The van der Waals surface area contributed by atoms with Gasteiger partial charge in [-0.15, -0.1) is 0 Å². The highest BCUT2D eigenvalue weighted by atomic mass is 35.5. The number of pyridine rings is 1. The maximum Gasteiger partial charge on any atom is 0.264 e. The average Bonchev–Trinajstić information content (AvgIpc) is 2.91. The van der Waals surface area contributed by atoms with E-state index in [4.69, 9.17) is 17.3 Å². The lowest BCUT2D eigenvalue weighted by Gasteiger charge is -2.16. The molecule has 102 valence electrons. The number of hydrogen-bond acceptors (Lipinski definition) is 3. The second-order valence-electron chi connectivity index (χ2n) is 4.66. The van der Waals surface area contributed by atoms with E-state index in [1.807, 2.05) is 25.1 Å². The first-order chi connectivity index (χ1) is 9.59. The van der Waals surface area contributed by atoms with Crippen molar-refractivity contribution in [2.75, 3.05) is 0 Å². The predicted octanol–water partition coefficient (Wildman–Crippen LogP) is 2.39. The molecule has 1 atom stereocenters. The number of nitrogens with zero attached hydrogens (tertiary/aromatic N) is 2. The van der Waals surface area contributed by atoms with Gasteiger partial charge in [0, 0.05) is 17.9 Å². The van der Waals surface area contributed by atoms with Gasteiger partial charge >= 0.3 is 0 Å². The Morgan fingerprint density at radius 1 is 1.45 bits per heavy atom. The van der Waals surface area contributed by atoms with Crippen LogP contribution in [0.1, 0.15) is 18.7 Å². The standard InChI is InChI=1S/C14H13ClN4O/c1-8(16)12-5-9-3-2-4-11(15)13(9)14(20)19(12)10-6-17-18-7-10/h2-8H,16H2,1H3,(H,17,18)/t8-/m0/s1. The number of fused-ring (bicyclic) bond motifs is 1. The number of halogens is 1. The molecular weight excluding hydrogens is 276 g/mol. The summed E-state index contributed by atoms with van der Waals surface area (Å²) in [6.07, 6.45) is 3.23. The zero-order chi connectivity index (χ0) is 14.3. The summed E-state index contributed by atoms with van der Waals surface area (Å²) in [5.41, 5.74) is 7.16. The third-order valence-corrected chi connectivity index (χ3v) is 3.55. The van der Waals surface area contributed by atoms with Crippen molar-refractivity contribution >= 4 is 22.4 Å². The lowest BCUT2D eigenvalue weighted by atomic mass is 10.1. The summed E-state index contributed by atoms with van der Waals surface area (Å²) in [6.45, 7) is 1.84. The lowest BCUT2D eigenvalue weighted by Crippen LogP contribution is -2.25. The van der Waals surface area contributed by atoms with Gasteiger partial charge in [0.25, 0.3) is 5.56 Å². The van der Waals surface area contributed by atoms with Crippen LogP contribution in [0.2, 0.25) is 5.02 Å². The highest BCUT2D eigenvalue weighted by Crippen LogP contribution is 2.24. The zero-order valence-electron chi connectivity index (χ0n) is 10.8. The Kier molecular flexibility index (Phi) is 3.08. The molecule has 0 saturated carbocycles. The van der Waals surface area contributed by atoms with Gasteiger partial charge in [-0.3, -0.25) is 14.5 Å². The molecule has 0 aliphatic carbocycles. The molecule has 3 N–H and O–H groups in total. The first-order valence-electron chi connectivity index (χ1n) is 6.18. The van der Waals surface area contributed by atoms with Gasteiger partial charge in [0.05, 0.1) is 22.3 Å². The van der Waals surface area contributed by atoms with E-state index in [9.17, 15) is 4.79 Å². The summed E-state index contributed by atoms with van der Waals surface area (Å²) in [5.74, 6) is 0. The third kappa shape index (κ3) is 1.92. The largest absolute Gasteiger partial charge is 0.323 e. The maximum absolute atomic E-state index is 12.8. The number of aromatic amines is 1. The van der Waals surface area contributed by atoms with Crippen LogP contribution in [0.5, 0.6) is 0 Å². The smallest absolute Gasteiger partial charge is 0.264 e. The molecule has 0 radical (unpaired) electrons. The Morgan fingerprint density at radius 2 is 2.25 bits per heavy atom. The van der Waals surface area contributed by atoms with E-state index in [2.05, 4.69) is 10.2 Å². The molecule has 0 aliphatic rings. The van der Waals surface area contributed by atoms with E-state index < -0.39 is 0 Å². The molecule has 6 heteroatoms. The van der Waals surface area contributed by atoms with Crippen LogP contribution in [0.15, 0.2) is 41.5 Å². The van der Waals surface area contributed by atoms with Gasteiger partial charge in [0.1, 0.15) is 0 Å². The molecule has 2 aromatic heterocycles. The van der Waals surface area contributed by atoms with Crippen LogP contribution < -0.4 is 11.3 Å². The monoisotopic (exact) mass is 288 g/mol. The summed E-state index contributed by atoms with van der Waals surface area (Å²) in [5, 5.41) is 8.29. The maximum atomic E-state index is 12.8. The van der Waals surface area contributed by atoms with Crippen LogP contribution in [0, 0.1) is 0 Å². The van der Waals surface area contributed by atoms with Crippen molar-refractivity contribution in [2.45, 2.75) is 13.0 Å². The van der Waals surface area contributed by atoms with Crippen LogP contribution in [0.3, 0.4) is 0 Å². The Morgan fingerprint density at radius 3 is 2.90 bits per heavy atom. The SMILES string of the molecule is C[C@H](N)c1cc2cccc(Cl)c2c(=O)n1-c1cn[nH]c1. The van der Waals surface area contributed by atoms with Gasteiger partial charge in [-0.2, -0.15) is 5.10 Å². The van der Waals surface area contributed by atoms with Crippen molar-refractivity contribution in [2.24, 2.45) is 5.73 Å². The van der Waals surface area contributed by atoms with Gasteiger partial charge in [-0.1, -0.05) is 23.7 Å². The highest BCUT2D eigenvalue weighted by Gasteiger charge is 2.15. The van der Waals surface area contributed by atoms with Gasteiger partial charge < -0.3 is 5.73 Å². The number of rotatable bonds is 2. The molecule has 2 heterocycles. The fourth-order valence-electron chi connectivity index (χ4n) is 2.31. The minimum atomic E-state index is -0.291. The molecule has 0 fully saturated rings. The quantitative estimate of drug-likeness (QED) is 0.760. The third-order valence-electron chi connectivity index (χ3n) is 3.23. The lowest BCUT2D eigenvalue weighted by molar-refractivity contribution is 0.734. The number of aromatic nitrogens is 3. The first kappa shape index (κ1) is 12.9. The van der Waals surface area contributed by atoms with Crippen molar-refractivity contribution in [3.63, 3.8) is 0 Å². The second-order valence-corrected chi connectivity index (χ2v) is 5.07. The van der Waals surface area contributed by atoms with Crippen LogP contribution >= 0.6 is 11.6 Å². The summed E-state index contributed by atoms with van der Waals surface area (Å²) < 4.78 is 1.54. The molecule has 3 aromatic rings. The van der Waals surface area contributed by atoms with Crippen molar-refractivity contribution in [3.05, 3.63) is 57.7 Å². The van der Waals surface area contributed by atoms with E-state index >= 15 is 0 Å². The number of benzene rings is 1. The number of H-pyrrole nitrogens is 1. The van der Waals surface area contributed by atoms with E-state index in [1.54, 1.807) is 23.0 Å². The van der Waals surface area contributed by atoms with Gasteiger partial charge in [0.15, 0.2) is 0 Å². The summed E-state index contributed by atoms with van der Waals surface area (Å²) in [4.78, 5) is 12.8. The fourth-order valence-corrected chi connectivity index (χ4v) is 2.57. The minimum Gasteiger partial charge on any atom is -0.323 e. The second kappa shape index (κ2) is 4.77. The highest BCUT2D eigenvalue weighted by molar-refractivity contribution is 6.35. The minimum absolute atomic E-state index is 0.193. The number of nitrogens with two attached hydrogens (primary N) is 1. The molecule has 0 unspecified atom stereocenters. The topological polar surface area (TPSA) is 76.7 Å². The van der Waals surface area contributed by atoms with Crippen molar-refractivity contribution < 1.29 is 0 Å². The van der Waals surface area contributed by atoms with Crippen LogP contribution in [-0.4, -0.2) is 14.8 Å². The number of nitrogens with one attached hydrogen (secondary N) is 1. The van der Waals surface area contributed by atoms with Crippen molar-refractivity contribution in [3.8, 4) is 5.69 Å². The van der Waals surface area contributed by atoms with Crippen LogP contribution in [-0.2, 0) is 0 Å². The Hall–Kier alpha value is -2.11. The Bertz CT molecular complexity index is 821. The zero-order valence-corrected chi connectivity index (χ0v) is 11.6. The van der Waals surface area contributed by atoms with Crippen LogP contribution in [0.4, 0.5) is 0 Å². The fraction of sp³-hybridized carbons (Fsp3) is 0.143. The molecule has 0 aliphatic heterocycles. The normalized spacial score (nSPS) is 12.8. The number of hydrogen-bond donors (Lipinski definition) is 2. The molecule has 5 nitrogen and oxygen atoms in total. The Labute approximate surface area is 120 Å². The van der Waals surface area contributed by atoms with E-state index in [0.29, 0.717) is 21.8 Å². The van der Waals surface area contributed by atoms with Crippen molar-refractivity contribution in [1.82, 2.24) is 14.8 Å². The van der Waals surface area contributed by atoms with E-state index in [0.717, 1.165) is 5.39 Å². The molecular formula is C14H13ClN4O. The van der Waals surface area contributed by atoms with Crippen molar-refractivity contribution in [1.29, 1.82) is 0 Å². The van der Waals surface area contributed by atoms with E-state index in [1.165, 1.54) is 0 Å². The predicted molar refractivity (Wildman–Crippen MR) is 79.3 cm³/mol. The van der Waals surface area contributed by atoms with Crippen LogP contribution in [0.25, 0.3) is 16.5 Å². The summed E-state index contributed by atoms with van der Waals surface area (Å²) >= 11 is 6.16. The molecule has 0 spiro atoms. The molecule has 0 saturated heterocycles. The van der Waals surface area contributed by atoms with Gasteiger partial charge in [-0.25, -0.2) is 0 Å². The summed E-state index contributed by atoms with van der Waals surface area (Å²) in [7, 11) is 0. The first-order valence-corrected chi connectivity index (χ1v) is 6.56. The molecule has 0 bridgehead atoms. The Balaban J connectivity index is 2.48. The molecule has 0 amide bonds. The summed E-state index contributed by atoms with van der Waals surface area (Å²) in [6, 6.07) is 6.98. The molecule has 20 heavy (non-hydrogen) atoms. The average molecular weight is 289 g/mol. The van der Waals surface area contributed by atoms with Gasteiger partial charge in [-0.05, 0) is 24.4 Å².